The van der Waals surface area contributed by atoms with Crippen molar-refractivity contribution in [3.8, 4) is 0 Å². The number of halogens is 3. The Morgan fingerprint density at radius 2 is 1.95 bits per heavy atom. The van der Waals surface area contributed by atoms with E-state index in [1.165, 1.54) is 12.1 Å². The van der Waals surface area contributed by atoms with Gasteiger partial charge in [0, 0.05) is 11.6 Å². The summed E-state index contributed by atoms with van der Waals surface area (Å²) in [5.41, 5.74) is 5.62. The molecule has 1 unspecified atom stereocenters. The zero-order chi connectivity index (χ0) is 15.5. The summed E-state index contributed by atoms with van der Waals surface area (Å²) in [5.74, 6) is -1.50. The van der Waals surface area contributed by atoms with E-state index < -0.39 is 23.2 Å². The van der Waals surface area contributed by atoms with Crippen molar-refractivity contribution in [2.24, 2.45) is 5.73 Å². The maximum Gasteiger partial charge on any atom is 0.240 e. The van der Waals surface area contributed by atoms with Gasteiger partial charge >= 0.3 is 0 Å². The van der Waals surface area contributed by atoms with Crippen LogP contribution in [0.2, 0.25) is 0 Å². The van der Waals surface area contributed by atoms with Crippen molar-refractivity contribution < 1.29 is 13.6 Å². The molecule has 1 aliphatic carbocycles. The quantitative estimate of drug-likeness (QED) is 0.884. The maximum absolute atomic E-state index is 13.9. The first-order valence-electron chi connectivity index (χ1n) is 7.51. The summed E-state index contributed by atoms with van der Waals surface area (Å²) >= 11 is 0. The second-order valence-electron chi connectivity index (χ2n) is 5.82. The summed E-state index contributed by atoms with van der Waals surface area (Å²) in [7, 11) is 0. The Kier molecular flexibility index (Phi) is 6.75. The Labute approximate surface area is 136 Å². The third kappa shape index (κ3) is 4.17. The van der Waals surface area contributed by atoms with Crippen molar-refractivity contribution in [3.05, 3.63) is 35.4 Å². The predicted octanol–water partition coefficient (Wildman–Crippen LogP) is 3.62. The number of rotatable bonds is 4. The van der Waals surface area contributed by atoms with E-state index in [2.05, 4.69) is 5.32 Å². The molecule has 3 nitrogen and oxygen atoms in total. The van der Waals surface area contributed by atoms with Gasteiger partial charge in [0.1, 0.15) is 11.6 Å². The number of hydrogen-bond donors (Lipinski definition) is 2. The van der Waals surface area contributed by atoms with Crippen LogP contribution < -0.4 is 11.1 Å². The van der Waals surface area contributed by atoms with E-state index in [1.54, 1.807) is 0 Å². The minimum atomic E-state index is -0.859. The molecule has 0 bridgehead atoms. The molecule has 0 spiro atoms. The third-order valence-corrected chi connectivity index (χ3v) is 4.25. The van der Waals surface area contributed by atoms with Gasteiger partial charge in [-0.1, -0.05) is 32.3 Å². The highest BCUT2D eigenvalue weighted by Gasteiger charge is 2.36. The fourth-order valence-corrected chi connectivity index (χ4v) is 2.90. The van der Waals surface area contributed by atoms with Crippen LogP contribution in [0, 0.1) is 11.6 Å². The van der Waals surface area contributed by atoms with Crippen molar-refractivity contribution in [1.82, 2.24) is 5.32 Å². The lowest BCUT2D eigenvalue weighted by atomic mass is 9.81. The summed E-state index contributed by atoms with van der Waals surface area (Å²) in [6, 6.07) is 2.93. The Hall–Kier alpha value is -1.20. The van der Waals surface area contributed by atoms with Gasteiger partial charge in [-0.15, -0.1) is 12.4 Å². The maximum atomic E-state index is 13.9. The Morgan fingerprint density at radius 3 is 2.50 bits per heavy atom. The van der Waals surface area contributed by atoms with Gasteiger partial charge in [-0.05, 0) is 25.3 Å². The van der Waals surface area contributed by atoms with Crippen LogP contribution in [0.1, 0.15) is 57.1 Å². The number of hydrogen-bond acceptors (Lipinski definition) is 2. The lowest BCUT2D eigenvalue weighted by Crippen LogP contribution is -2.55. The van der Waals surface area contributed by atoms with E-state index >= 15 is 0 Å². The second-order valence-corrected chi connectivity index (χ2v) is 5.82. The molecule has 1 saturated carbocycles. The first kappa shape index (κ1) is 18.8. The molecule has 1 fully saturated rings. The molecule has 0 heterocycles. The van der Waals surface area contributed by atoms with Gasteiger partial charge in [-0.3, -0.25) is 4.79 Å². The van der Waals surface area contributed by atoms with Crippen LogP contribution in [-0.4, -0.2) is 11.4 Å². The SMILES string of the molecule is CCC(NC(=O)C1(N)CCCCC1)c1ccc(F)cc1F.Cl. The largest absolute Gasteiger partial charge is 0.348 e. The molecule has 1 aliphatic rings. The first-order valence-corrected chi connectivity index (χ1v) is 7.51. The number of benzene rings is 1. The monoisotopic (exact) mass is 332 g/mol. The molecule has 0 aromatic heterocycles. The van der Waals surface area contributed by atoms with E-state index in [0.717, 1.165) is 25.3 Å². The molecule has 1 amide bonds. The van der Waals surface area contributed by atoms with Crippen LogP contribution >= 0.6 is 12.4 Å². The van der Waals surface area contributed by atoms with Crippen molar-refractivity contribution in [1.29, 1.82) is 0 Å². The average molecular weight is 333 g/mol. The van der Waals surface area contributed by atoms with Crippen molar-refractivity contribution in [2.75, 3.05) is 0 Å². The number of carbonyl (C=O) groups excluding carboxylic acids is 1. The van der Waals surface area contributed by atoms with Crippen LogP contribution in [0.3, 0.4) is 0 Å². The average Bonchev–Trinajstić information content (AvgIpc) is 2.46. The van der Waals surface area contributed by atoms with Crippen LogP contribution in [0.5, 0.6) is 0 Å². The number of amides is 1. The Bertz CT molecular complexity index is 519. The molecule has 1 aromatic carbocycles. The molecule has 1 aromatic rings. The highest BCUT2D eigenvalue weighted by molar-refractivity contribution is 5.86. The van der Waals surface area contributed by atoms with Crippen LogP contribution in [0.4, 0.5) is 8.78 Å². The molecule has 6 heteroatoms. The highest BCUT2D eigenvalue weighted by Crippen LogP contribution is 2.28. The Balaban J connectivity index is 0.00000242. The minimum Gasteiger partial charge on any atom is -0.348 e. The Morgan fingerprint density at radius 1 is 1.32 bits per heavy atom. The molecular weight excluding hydrogens is 310 g/mol. The van der Waals surface area contributed by atoms with Gasteiger partial charge in [0.15, 0.2) is 0 Å². The van der Waals surface area contributed by atoms with Gasteiger partial charge < -0.3 is 11.1 Å². The fourth-order valence-electron chi connectivity index (χ4n) is 2.90. The number of nitrogens with one attached hydrogen (secondary N) is 1. The molecule has 1 atom stereocenters. The molecule has 0 saturated heterocycles. The molecule has 0 radical (unpaired) electrons. The van der Waals surface area contributed by atoms with Gasteiger partial charge in [0.25, 0.3) is 0 Å². The van der Waals surface area contributed by atoms with Gasteiger partial charge in [0.2, 0.25) is 5.91 Å². The third-order valence-electron chi connectivity index (χ3n) is 4.25. The molecular formula is C16H23ClF2N2O. The van der Waals surface area contributed by atoms with E-state index in [0.29, 0.717) is 24.8 Å². The standard InChI is InChI=1S/C16H22F2N2O.ClH/c1-2-14(12-7-6-11(17)10-13(12)18)20-15(21)16(19)8-4-3-5-9-16;/h6-7,10,14H,2-5,8-9,19H2,1H3,(H,20,21);1H. The summed E-state index contributed by atoms with van der Waals surface area (Å²) in [6.07, 6.45) is 4.79. The normalized spacial score (nSPS) is 18.2. The van der Waals surface area contributed by atoms with Crippen molar-refractivity contribution in [2.45, 2.75) is 57.0 Å². The van der Waals surface area contributed by atoms with Gasteiger partial charge in [0.05, 0.1) is 11.6 Å². The lowest BCUT2D eigenvalue weighted by molar-refractivity contribution is -0.128. The smallest absolute Gasteiger partial charge is 0.240 e. The highest BCUT2D eigenvalue weighted by atomic mass is 35.5. The molecule has 3 N–H and O–H groups in total. The van der Waals surface area contributed by atoms with E-state index in [1.807, 2.05) is 6.92 Å². The molecule has 124 valence electrons. The van der Waals surface area contributed by atoms with Crippen LogP contribution in [-0.2, 0) is 4.79 Å². The summed E-state index contributed by atoms with van der Waals surface area (Å²) < 4.78 is 26.8. The van der Waals surface area contributed by atoms with Crippen molar-refractivity contribution in [3.63, 3.8) is 0 Å². The van der Waals surface area contributed by atoms with Gasteiger partial charge in [-0.25, -0.2) is 8.78 Å². The fraction of sp³-hybridized carbons (Fsp3) is 0.562. The first-order chi connectivity index (χ1) is 9.96. The van der Waals surface area contributed by atoms with Crippen molar-refractivity contribution >= 4 is 18.3 Å². The second kappa shape index (κ2) is 7.88. The molecule has 22 heavy (non-hydrogen) atoms. The zero-order valence-electron chi connectivity index (χ0n) is 12.7. The summed E-state index contributed by atoms with van der Waals surface area (Å²) in [5, 5.41) is 2.83. The number of carbonyl (C=O) groups is 1. The molecule has 2 rings (SSSR count). The zero-order valence-corrected chi connectivity index (χ0v) is 13.5. The minimum absolute atomic E-state index is 0. The predicted molar refractivity (Wildman–Crippen MR) is 84.8 cm³/mol. The van der Waals surface area contributed by atoms with E-state index in [4.69, 9.17) is 5.73 Å². The van der Waals surface area contributed by atoms with Gasteiger partial charge in [-0.2, -0.15) is 0 Å². The summed E-state index contributed by atoms with van der Waals surface area (Å²) in [6.45, 7) is 1.85. The van der Waals surface area contributed by atoms with Crippen LogP contribution in [0.25, 0.3) is 0 Å². The lowest BCUT2D eigenvalue weighted by Gasteiger charge is -2.33. The number of nitrogens with two attached hydrogens (primary N) is 1. The van der Waals surface area contributed by atoms with E-state index in [-0.39, 0.29) is 18.3 Å². The van der Waals surface area contributed by atoms with Crippen LogP contribution in [0.15, 0.2) is 18.2 Å². The summed E-state index contributed by atoms with van der Waals surface area (Å²) in [4.78, 5) is 12.4. The topological polar surface area (TPSA) is 55.1 Å². The van der Waals surface area contributed by atoms with E-state index in [9.17, 15) is 13.6 Å². The molecule has 0 aliphatic heterocycles.